The van der Waals surface area contributed by atoms with Gasteiger partial charge >= 0.3 is 0 Å². The SMILES string of the molecule is BrCC(Br)Cn1ccnc1. The summed E-state index contributed by atoms with van der Waals surface area (Å²) in [6, 6.07) is 0. The second-order valence-electron chi connectivity index (χ2n) is 2.01. The molecule has 4 heteroatoms. The van der Waals surface area contributed by atoms with E-state index in [4.69, 9.17) is 0 Å². The maximum absolute atomic E-state index is 3.94. The lowest BCUT2D eigenvalue weighted by Gasteiger charge is -2.04. The van der Waals surface area contributed by atoms with Crippen molar-refractivity contribution in [1.29, 1.82) is 0 Å². The van der Waals surface area contributed by atoms with Gasteiger partial charge in [-0.3, -0.25) is 0 Å². The Morgan fingerprint density at radius 3 is 2.90 bits per heavy atom. The summed E-state index contributed by atoms with van der Waals surface area (Å²) >= 11 is 6.88. The number of nitrogens with zero attached hydrogens (tertiary/aromatic N) is 2. The van der Waals surface area contributed by atoms with Gasteiger partial charge in [-0.2, -0.15) is 0 Å². The third-order valence-electron chi connectivity index (χ3n) is 1.14. The number of hydrogen-bond acceptors (Lipinski definition) is 1. The molecule has 1 aromatic rings. The van der Waals surface area contributed by atoms with Crippen LogP contribution in [0.1, 0.15) is 0 Å². The lowest BCUT2D eigenvalue weighted by molar-refractivity contribution is 0.704. The molecule has 1 atom stereocenters. The molecule has 0 radical (unpaired) electrons. The van der Waals surface area contributed by atoms with Crippen LogP contribution in [0.5, 0.6) is 0 Å². The average molecular weight is 268 g/mol. The van der Waals surface area contributed by atoms with Crippen molar-refractivity contribution in [3.05, 3.63) is 18.7 Å². The quantitative estimate of drug-likeness (QED) is 0.767. The Hall–Kier alpha value is 0.170. The molecule has 2 nitrogen and oxygen atoms in total. The third kappa shape index (κ3) is 2.42. The molecule has 0 aliphatic carbocycles. The largest absolute Gasteiger partial charge is 0.336 e. The van der Waals surface area contributed by atoms with Gasteiger partial charge < -0.3 is 4.57 Å². The average Bonchev–Trinajstić information content (AvgIpc) is 2.40. The molecule has 56 valence electrons. The summed E-state index contributed by atoms with van der Waals surface area (Å²) in [4.78, 5) is 4.42. The molecule has 0 saturated carbocycles. The van der Waals surface area contributed by atoms with Gasteiger partial charge in [0.15, 0.2) is 0 Å². The van der Waals surface area contributed by atoms with E-state index in [9.17, 15) is 0 Å². The summed E-state index contributed by atoms with van der Waals surface area (Å²) in [6.07, 6.45) is 5.56. The normalized spacial score (nSPS) is 13.4. The van der Waals surface area contributed by atoms with E-state index >= 15 is 0 Å². The number of hydrogen-bond donors (Lipinski definition) is 0. The first-order chi connectivity index (χ1) is 4.83. The van der Waals surface area contributed by atoms with Gasteiger partial charge in [-0.25, -0.2) is 4.98 Å². The van der Waals surface area contributed by atoms with E-state index in [0.29, 0.717) is 4.83 Å². The van der Waals surface area contributed by atoms with E-state index < -0.39 is 0 Å². The zero-order chi connectivity index (χ0) is 7.40. The summed E-state index contributed by atoms with van der Waals surface area (Å²) in [5, 5.41) is 0.963. The Labute approximate surface area is 76.9 Å². The van der Waals surface area contributed by atoms with Gasteiger partial charge in [-0.05, 0) is 0 Å². The molecule has 0 fully saturated rings. The van der Waals surface area contributed by atoms with Crippen LogP contribution in [0.3, 0.4) is 0 Å². The standard InChI is InChI=1S/C6H8Br2N2/c7-3-6(8)4-10-2-1-9-5-10/h1-2,5-6H,3-4H2. The lowest BCUT2D eigenvalue weighted by Crippen LogP contribution is -2.08. The second kappa shape index (κ2) is 4.13. The van der Waals surface area contributed by atoms with Crippen molar-refractivity contribution in [2.45, 2.75) is 11.4 Å². The van der Waals surface area contributed by atoms with Gasteiger partial charge in [0, 0.05) is 29.1 Å². The molecule has 1 rings (SSSR count). The summed E-state index contributed by atoms with van der Waals surface area (Å²) in [7, 11) is 0. The van der Waals surface area contributed by atoms with Crippen molar-refractivity contribution in [2.75, 3.05) is 5.33 Å². The van der Waals surface area contributed by atoms with Crippen molar-refractivity contribution >= 4 is 31.9 Å². The fraction of sp³-hybridized carbons (Fsp3) is 0.500. The van der Waals surface area contributed by atoms with Crippen molar-refractivity contribution < 1.29 is 0 Å². The van der Waals surface area contributed by atoms with Crippen molar-refractivity contribution in [3.8, 4) is 0 Å². The van der Waals surface area contributed by atoms with Crippen molar-refractivity contribution in [3.63, 3.8) is 0 Å². The first-order valence-corrected chi connectivity index (χ1v) is 5.02. The molecule has 0 aromatic carbocycles. The zero-order valence-electron chi connectivity index (χ0n) is 5.37. The van der Waals surface area contributed by atoms with E-state index in [1.54, 1.807) is 6.20 Å². The van der Waals surface area contributed by atoms with Gasteiger partial charge in [0.1, 0.15) is 0 Å². The summed E-state index contributed by atoms with van der Waals surface area (Å²) in [5.74, 6) is 0. The van der Waals surface area contributed by atoms with Crippen LogP contribution in [0.15, 0.2) is 18.7 Å². The first kappa shape index (κ1) is 8.27. The first-order valence-electron chi connectivity index (χ1n) is 2.98. The Kier molecular flexibility index (Phi) is 3.42. The third-order valence-corrected chi connectivity index (χ3v) is 3.40. The molecule has 0 amide bonds. The van der Waals surface area contributed by atoms with Crippen LogP contribution >= 0.6 is 31.9 Å². The molecular weight excluding hydrogens is 260 g/mol. The van der Waals surface area contributed by atoms with Gasteiger partial charge in [-0.15, -0.1) is 0 Å². The molecule has 0 aliphatic rings. The molecule has 0 bridgehead atoms. The highest BCUT2D eigenvalue weighted by Crippen LogP contribution is 2.05. The molecule has 0 aliphatic heterocycles. The van der Waals surface area contributed by atoms with E-state index in [1.807, 2.05) is 17.1 Å². The van der Waals surface area contributed by atoms with Gasteiger partial charge in [-0.1, -0.05) is 31.9 Å². The molecule has 0 spiro atoms. The maximum atomic E-state index is 3.94. The Morgan fingerprint density at radius 2 is 2.40 bits per heavy atom. The maximum Gasteiger partial charge on any atom is 0.0946 e. The van der Waals surface area contributed by atoms with Gasteiger partial charge in [0.2, 0.25) is 0 Å². The number of aromatic nitrogens is 2. The van der Waals surface area contributed by atoms with E-state index in [0.717, 1.165) is 11.9 Å². The highest BCUT2D eigenvalue weighted by molar-refractivity contribution is 9.12. The van der Waals surface area contributed by atoms with Crippen LogP contribution in [-0.4, -0.2) is 19.7 Å². The van der Waals surface area contributed by atoms with Crippen LogP contribution in [0.25, 0.3) is 0 Å². The van der Waals surface area contributed by atoms with Gasteiger partial charge in [0.25, 0.3) is 0 Å². The van der Waals surface area contributed by atoms with Crippen LogP contribution < -0.4 is 0 Å². The fourth-order valence-electron chi connectivity index (χ4n) is 0.672. The van der Waals surface area contributed by atoms with E-state index in [-0.39, 0.29) is 0 Å². The molecule has 1 aromatic heterocycles. The fourth-order valence-corrected chi connectivity index (χ4v) is 1.21. The van der Waals surface area contributed by atoms with Crippen molar-refractivity contribution in [1.82, 2.24) is 9.55 Å². The molecule has 1 unspecified atom stereocenters. The molecular formula is C6H8Br2N2. The van der Waals surface area contributed by atoms with E-state index in [2.05, 4.69) is 36.8 Å². The van der Waals surface area contributed by atoms with Crippen LogP contribution in [0.4, 0.5) is 0 Å². The summed E-state index contributed by atoms with van der Waals surface area (Å²) in [5.41, 5.74) is 0. The minimum absolute atomic E-state index is 0.488. The van der Waals surface area contributed by atoms with Gasteiger partial charge in [0.05, 0.1) is 6.33 Å². The Bertz CT molecular complexity index is 174. The van der Waals surface area contributed by atoms with Crippen LogP contribution in [0.2, 0.25) is 0 Å². The topological polar surface area (TPSA) is 17.8 Å². The summed E-state index contributed by atoms with van der Waals surface area (Å²) in [6.45, 7) is 0.964. The van der Waals surface area contributed by atoms with E-state index in [1.165, 1.54) is 0 Å². The number of imidazole rings is 1. The minimum Gasteiger partial charge on any atom is -0.336 e. The van der Waals surface area contributed by atoms with Crippen LogP contribution in [-0.2, 0) is 6.54 Å². The Morgan fingerprint density at radius 1 is 1.60 bits per heavy atom. The lowest BCUT2D eigenvalue weighted by atomic mass is 10.5. The van der Waals surface area contributed by atoms with Crippen molar-refractivity contribution in [2.24, 2.45) is 0 Å². The predicted octanol–water partition coefficient (Wildman–Crippen LogP) is 2.04. The number of alkyl halides is 2. The second-order valence-corrected chi connectivity index (χ2v) is 3.95. The molecule has 10 heavy (non-hydrogen) atoms. The van der Waals surface area contributed by atoms with Crippen LogP contribution in [0, 0.1) is 0 Å². The molecule has 0 N–H and O–H groups in total. The zero-order valence-corrected chi connectivity index (χ0v) is 8.55. The monoisotopic (exact) mass is 266 g/mol. The smallest absolute Gasteiger partial charge is 0.0946 e. The highest BCUT2D eigenvalue weighted by Gasteiger charge is 2.00. The number of halogens is 2. The number of rotatable bonds is 3. The minimum atomic E-state index is 0.488. The molecule has 0 saturated heterocycles. The molecule has 1 heterocycles. The summed E-state index contributed by atoms with van der Waals surface area (Å²) < 4.78 is 2.04. The highest BCUT2D eigenvalue weighted by atomic mass is 79.9. The predicted molar refractivity (Wildman–Crippen MR) is 48.7 cm³/mol. The Balaban J connectivity index is 2.40.